The van der Waals surface area contributed by atoms with E-state index in [1.807, 2.05) is 0 Å². The van der Waals surface area contributed by atoms with Gasteiger partial charge in [-0.25, -0.2) is 0 Å². The van der Waals surface area contributed by atoms with Gasteiger partial charge in [0.05, 0.1) is 0 Å². The maximum atomic E-state index is 6.69. The van der Waals surface area contributed by atoms with Crippen LogP contribution < -0.4 is 0 Å². The van der Waals surface area contributed by atoms with Crippen molar-refractivity contribution in [2.24, 2.45) is 0 Å². The van der Waals surface area contributed by atoms with Crippen molar-refractivity contribution in [3.63, 3.8) is 0 Å². The summed E-state index contributed by atoms with van der Waals surface area (Å²) >= 11 is 2.56. The van der Waals surface area contributed by atoms with E-state index in [-0.39, 0.29) is 39.0 Å². The first kappa shape index (κ1) is 32.0. The van der Waals surface area contributed by atoms with Crippen LogP contribution in [0, 0.1) is 0 Å². The molecule has 0 aliphatic carbocycles. The molecule has 1 radical (unpaired) electrons. The van der Waals surface area contributed by atoms with Crippen LogP contribution in [0.5, 0.6) is 0 Å². The van der Waals surface area contributed by atoms with Gasteiger partial charge < -0.3 is 5.48 Å². The molecule has 0 aromatic carbocycles. The van der Waals surface area contributed by atoms with E-state index in [0.717, 1.165) is 0 Å². The van der Waals surface area contributed by atoms with E-state index in [4.69, 9.17) is 4.22 Å². The normalized spacial score (nSPS) is 1.40. The van der Waals surface area contributed by atoms with Gasteiger partial charge in [-0.1, -0.05) is 0 Å². The number of rotatable bonds is 0. The summed E-state index contributed by atoms with van der Waals surface area (Å²) in [7, 11) is 0. The second-order valence-electron chi connectivity index (χ2n) is 0. The molecule has 0 unspecified atom stereocenters. The molecule has 0 saturated heterocycles. The van der Waals surface area contributed by atoms with Gasteiger partial charge in [0.25, 0.3) is 0 Å². The molecular formula is H3CoMnNiO2. The zero-order valence-corrected chi connectivity index (χ0v) is 5.18. The van der Waals surface area contributed by atoms with Crippen molar-refractivity contribution in [1.82, 2.24) is 0 Å². The van der Waals surface area contributed by atoms with E-state index in [2.05, 4.69) is 16.1 Å². The zero-order valence-electron chi connectivity index (χ0n) is 1.97. The fourth-order valence-corrected chi connectivity index (χ4v) is 0. The predicted molar refractivity (Wildman–Crippen MR) is 5.83 cm³/mol. The summed E-state index contributed by atoms with van der Waals surface area (Å²) in [6.07, 6.45) is 0. The van der Waals surface area contributed by atoms with Crippen molar-refractivity contribution in [2.75, 3.05) is 0 Å². The molecule has 0 spiro atoms. The third-order valence-electron chi connectivity index (χ3n) is 0. The summed E-state index contributed by atoms with van der Waals surface area (Å²) in [6, 6.07) is 0. The van der Waals surface area contributed by atoms with Gasteiger partial charge >= 0.3 is 20.3 Å². The van der Waals surface area contributed by atoms with E-state index in [1.165, 1.54) is 0 Å². The molecule has 0 aliphatic heterocycles. The van der Waals surface area contributed by atoms with Crippen molar-refractivity contribution >= 4 is 0 Å². The van der Waals surface area contributed by atoms with E-state index < -0.39 is 0 Å². The van der Waals surface area contributed by atoms with Crippen LogP contribution in [0.1, 0.15) is 0 Å². The molecule has 3 N–H and O–H groups in total. The second kappa shape index (κ2) is 51.7. The molecule has 0 bridgehead atoms. The van der Waals surface area contributed by atoms with Gasteiger partial charge in [-0.05, 0) is 0 Å². The minimum atomic E-state index is 0. The van der Waals surface area contributed by atoms with Crippen LogP contribution >= 0.6 is 0 Å². The molecule has 2 nitrogen and oxygen atoms in total. The van der Waals surface area contributed by atoms with Crippen LogP contribution in [0.4, 0.5) is 0 Å². The van der Waals surface area contributed by atoms with Gasteiger partial charge in [0.2, 0.25) is 0 Å². The van der Waals surface area contributed by atoms with E-state index in [0.29, 0.717) is 0 Å². The van der Waals surface area contributed by atoms with Crippen molar-refractivity contribution < 1.29 is 59.3 Å². The van der Waals surface area contributed by atoms with E-state index in [1.54, 1.807) is 0 Å². The topological polar surface area (TPSA) is 51.7 Å². The second-order valence-corrected chi connectivity index (χ2v) is 0. The summed E-state index contributed by atoms with van der Waals surface area (Å²) in [5.74, 6) is 0. The standard InChI is InChI=1S/Co.Mn.Ni.2H2O/h;;;2*1H2/q+1;;;;/p-1. The Balaban J connectivity index is -0.00000000167. The fourth-order valence-electron chi connectivity index (χ4n) is 0. The van der Waals surface area contributed by atoms with Gasteiger partial charge in [0, 0.05) is 33.6 Å². The molecule has 0 heterocycles. The molecular weight excluding hydrogens is 205 g/mol. The molecule has 41 valence electrons. The minimum absolute atomic E-state index is 0. The van der Waals surface area contributed by atoms with Crippen LogP contribution in [0.25, 0.3) is 0 Å². The third-order valence-corrected chi connectivity index (χ3v) is 0. The average molecular weight is 208 g/mol. The average Bonchev–Trinajstić information content (AvgIpc) is 1.00. The zero-order chi connectivity index (χ0) is 2.00. The Bertz CT molecular complexity index is 9.61. The Morgan fingerprint density at radius 3 is 1.20 bits per heavy atom. The summed E-state index contributed by atoms with van der Waals surface area (Å²) in [4.78, 5) is 0. The molecule has 0 fully saturated rings. The molecule has 5 heteroatoms. The first-order valence-electron chi connectivity index (χ1n) is 0.149. The SMILES string of the molecule is O.[Mn].[Ni].[OH][Co]. The Morgan fingerprint density at radius 1 is 1.20 bits per heavy atom. The molecule has 0 aromatic rings. The molecule has 0 saturated carbocycles. The number of hydrogen-bond donors (Lipinski definition) is 1. The Kier molecular flexibility index (Phi) is 331. The Morgan fingerprint density at radius 2 is 1.20 bits per heavy atom. The summed E-state index contributed by atoms with van der Waals surface area (Å²) in [5.41, 5.74) is 0. The van der Waals surface area contributed by atoms with Crippen molar-refractivity contribution in [3.05, 3.63) is 0 Å². The first-order valence-corrected chi connectivity index (χ1v) is 0.615. The number of hydrogen-bond acceptors (Lipinski definition) is 1. The van der Waals surface area contributed by atoms with Crippen molar-refractivity contribution in [3.8, 4) is 0 Å². The molecule has 0 aliphatic rings. The van der Waals surface area contributed by atoms with Crippen LogP contribution in [0.3, 0.4) is 0 Å². The molecule has 0 amide bonds. The summed E-state index contributed by atoms with van der Waals surface area (Å²) < 4.78 is 6.69. The first-order chi connectivity index (χ1) is 1.00. The molecule has 0 aromatic heterocycles. The van der Waals surface area contributed by atoms with Gasteiger partial charge in [0.15, 0.2) is 0 Å². The van der Waals surface area contributed by atoms with Gasteiger partial charge in [0.1, 0.15) is 0 Å². The monoisotopic (exact) mass is 207 g/mol. The van der Waals surface area contributed by atoms with Gasteiger partial charge in [-0.2, -0.15) is 0 Å². The van der Waals surface area contributed by atoms with Gasteiger partial charge in [-0.15, -0.1) is 0 Å². The van der Waals surface area contributed by atoms with Crippen molar-refractivity contribution in [2.45, 2.75) is 0 Å². The molecule has 0 atom stereocenters. The van der Waals surface area contributed by atoms with Crippen molar-refractivity contribution in [1.29, 1.82) is 0 Å². The van der Waals surface area contributed by atoms with Gasteiger partial charge in [-0.3, -0.25) is 0 Å². The molecule has 5 heavy (non-hydrogen) atoms. The van der Waals surface area contributed by atoms with Crippen LogP contribution in [-0.4, -0.2) is 9.70 Å². The molecule has 0 rings (SSSR count). The van der Waals surface area contributed by atoms with E-state index in [9.17, 15) is 0 Å². The Labute approximate surface area is 59.3 Å². The van der Waals surface area contributed by atoms with Crippen LogP contribution in [0.2, 0.25) is 0 Å². The summed E-state index contributed by atoms with van der Waals surface area (Å²) in [6.45, 7) is 0. The van der Waals surface area contributed by atoms with Crippen LogP contribution in [0.15, 0.2) is 0 Å². The summed E-state index contributed by atoms with van der Waals surface area (Å²) in [5, 5.41) is 0. The quantitative estimate of drug-likeness (QED) is 0.489. The third kappa shape index (κ3) is 31.1. The van der Waals surface area contributed by atoms with E-state index >= 15 is 0 Å². The maximum absolute atomic E-state index is 6.69. The van der Waals surface area contributed by atoms with Crippen LogP contribution in [-0.2, 0) is 49.6 Å². The predicted octanol–water partition coefficient (Wildman–Crippen LogP) is -1.39. The Hall–Kier alpha value is 1.44. The fraction of sp³-hybridized carbons (Fsp3) is 0.